The van der Waals surface area contributed by atoms with Crippen LogP contribution in [-0.2, 0) is 4.79 Å². The fraction of sp³-hybridized carbons (Fsp3) is 0.100. The van der Waals surface area contributed by atoms with Crippen LogP contribution in [0.2, 0.25) is 5.02 Å². The molecule has 1 aromatic rings. The van der Waals surface area contributed by atoms with Crippen molar-refractivity contribution in [1.29, 1.82) is 0 Å². The third-order valence-electron chi connectivity index (χ3n) is 1.74. The molecule has 0 bridgehead atoms. The Morgan fingerprint density at radius 2 is 1.92 bits per heavy atom. The van der Waals surface area contributed by atoms with Crippen LogP contribution in [0.15, 0.2) is 28.7 Å². The van der Waals surface area contributed by atoms with Gasteiger partial charge in [-0.1, -0.05) is 23.7 Å². The fourth-order valence-corrected chi connectivity index (χ4v) is 1.28. The number of rotatable bonds is 2. The highest BCUT2D eigenvalue weighted by Gasteiger charge is 2.00. The zero-order valence-electron chi connectivity index (χ0n) is 7.05. The molecule has 0 atom stereocenters. The van der Waals surface area contributed by atoms with Gasteiger partial charge in [-0.05, 0) is 46.1 Å². The number of carbonyl (C=O) groups excluding carboxylic acids is 1. The number of hydrogen-bond acceptors (Lipinski definition) is 1. The minimum absolute atomic E-state index is 0.565. The van der Waals surface area contributed by atoms with E-state index in [9.17, 15) is 4.79 Å². The first-order chi connectivity index (χ1) is 6.15. The van der Waals surface area contributed by atoms with Crippen LogP contribution in [0.1, 0.15) is 12.5 Å². The molecule has 0 aromatic heterocycles. The highest BCUT2D eigenvalue weighted by molar-refractivity contribution is 9.12. The Morgan fingerprint density at radius 1 is 1.38 bits per heavy atom. The first-order valence-electron chi connectivity index (χ1n) is 3.72. The lowest BCUT2D eigenvalue weighted by Gasteiger charge is -2.01. The summed E-state index contributed by atoms with van der Waals surface area (Å²) in [6, 6.07) is 7.35. The van der Waals surface area contributed by atoms with Crippen molar-refractivity contribution in [2.75, 3.05) is 0 Å². The lowest BCUT2D eigenvalue weighted by molar-refractivity contribution is -0.104. The van der Waals surface area contributed by atoms with Gasteiger partial charge in [-0.3, -0.25) is 4.79 Å². The van der Waals surface area contributed by atoms with Crippen molar-refractivity contribution >= 4 is 39.4 Å². The average molecular weight is 260 g/mol. The highest BCUT2D eigenvalue weighted by atomic mass is 79.9. The van der Waals surface area contributed by atoms with E-state index < -0.39 is 0 Å². The number of hydrogen-bond donors (Lipinski definition) is 0. The highest BCUT2D eigenvalue weighted by Crippen LogP contribution is 2.22. The molecule has 0 saturated carbocycles. The van der Waals surface area contributed by atoms with Crippen LogP contribution in [0.3, 0.4) is 0 Å². The van der Waals surface area contributed by atoms with Crippen LogP contribution in [0.5, 0.6) is 0 Å². The third-order valence-corrected chi connectivity index (χ3v) is 2.77. The van der Waals surface area contributed by atoms with Gasteiger partial charge in [0.15, 0.2) is 6.29 Å². The van der Waals surface area contributed by atoms with Gasteiger partial charge >= 0.3 is 0 Å². The van der Waals surface area contributed by atoms with Crippen LogP contribution in [0.4, 0.5) is 0 Å². The number of aldehydes is 1. The normalized spacial score (nSPS) is 12.2. The van der Waals surface area contributed by atoms with Gasteiger partial charge in [0.05, 0.1) is 4.48 Å². The van der Waals surface area contributed by atoms with E-state index in [0.717, 1.165) is 17.4 Å². The van der Waals surface area contributed by atoms with E-state index in [1.165, 1.54) is 0 Å². The number of allylic oxidation sites excluding steroid dienone is 2. The maximum Gasteiger partial charge on any atom is 0.157 e. The molecule has 1 nitrogen and oxygen atoms in total. The largest absolute Gasteiger partial charge is 0.297 e. The van der Waals surface area contributed by atoms with Crippen LogP contribution in [0.25, 0.3) is 5.57 Å². The predicted octanol–water partition coefficient (Wildman–Crippen LogP) is 3.66. The molecule has 0 heterocycles. The fourth-order valence-electron chi connectivity index (χ4n) is 0.926. The van der Waals surface area contributed by atoms with Crippen molar-refractivity contribution in [3.8, 4) is 0 Å². The number of carbonyl (C=O) groups is 1. The Hall–Kier alpha value is -0.600. The van der Waals surface area contributed by atoms with Crippen LogP contribution in [-0.4, -0.2) is 6.29 Å². The smallest absolute Gasteiger partial charge is 0.157 e. The molecule has 13 heavy (non-hydrogen) atoms. The molecule has 0 N–H and O–H groups in total. The Morgan fingerprint density at radius 3 is 2.38 bits per heavy atom. The summed E-state index contributed by atoms with van der Waals surface area (Å²) in [5.41, 5.74) is 1.90. The van der Waals surface area contributed by atoms with Crippen molar-refractivity contribution in [1.82, 2.24) is 0 Å². The minimum Gasteiger partial charge on any atom is -0.297 e. The zero-order chi connectivity index (χ0) is 9.84. The van der Waals surface area contributed by atoms with Gasteiger partial charge in [-0.2, -0.15) is 0 Å². The summed E-state index contributed by atoms with van der Waals surface area (Å²) in [7, 11) is 0. The van der Waals surface area contributed by atoms with Gasteiger partial charge in [0.2, 0.25) is 0 Å². The Kier molecular flexibility index (Phi) is 3.70. The molecule has 0 amide bonds. The van der Waals surface area contributed by atoms with Crippen molar-refractivity contribution in [2.45, 2.75) is 6.92 Å². The maximum atomic E-state index is 10.5. The first-order valence-corrected chi connectivity index (χ1v) is 4.89. The van der Waals surface area contributed by atoms with E-state index in [4.69, 9.17) is 11.6 Å². The van der Waals surface area contributed by atoms with Crippen molar-refractivity contribution in [3.05, 3.63) is 39.3 Å². The molecule has 68 valence electrons. The molecule has 0 aliphatic carbocycles. The molecule has 0 fully saturated rings. The Balaban J connectivity index is 3.09. The van der Waals surface area contributed by atoms with Gasteiger partial charge in [0.1, 0.15) is 0 Å². The summed E-state index contributed by atoms with van der Waals surface area (Å²) in [6.07, 6.45) is 0.782. The lowest BCUT2D eigenvalue weighted by atomic mass is 10.1. The summed E-state index contributed by atoms with van der Waals surface area (Å²) in [4.78, 5) is 10.5. The Bertz CT molecular complexity index is 340. The maximum absolute atomic E-state index is 10.5. The molecule has 1 rings (SSSR count). The number of benzene rings is 1. The van der Waals surface area contributed by atoms with Crippen molar-refractivity contribution < 1.29 is 4.79 Å². The van der Waals surface area contributed by atoms with Gasteiger partial charge in [-0.15, -0.1) is 0 Å². The molecular weight excluding hydrogens is 251 g/mol. The van der Waals surface area contributed by atoms with Crippen molar-refractivity contribution in [3.63, 3.8) is 0 Å². The standard InChI is InChI=1S/C10H8BrClO/c1-7(10(11)6-13)8-2-4-9(12)5-3-8/h2-6H,1H3/b10-7-. The topological polar surface area (TPSA) is 17.1 Å². The summed E-state index contributed by atoms with van der Waals surface area (Å²) in [6.45, 7) is 1.88. The molecule has 0 spiro atoms. The van der Waals surface area contributed by atoms with E-state index in [0.29, 0.717) is 9.51 Å². The molecular formula is C10H8BrClO. The summed E-state index contributed by atoms with van der Waals surface area (Å²) in [5.74, 6) is 0. The summed E-state index contributed by atoms with van der Waals surface area (Å²) < 4.78 is 0.565. The summed E-state index contributed by atoms with van der Waals surface area (Å²) in [5, 5.41) is 0.693. The lowest BCUT2D eigenvalue weighted by Crippen LogP contribution is -1.83. The monoisotopic (exact) mass is 258 g/mol. The summed E-state index contributed by atoms with van der Waals surface area (Å²) >= 11 is 8.91. The van der Waals surface area contributed by atoms with Gasteiger partial charge in [-0.25, -0.2) is 0 Å². The minimum atomic E-state index is 0.565. The van der Waals surface area contributed by atoms with E-state index in [2.05, 4.69) is 15.9 Å². The zero-order valence-corrected chi connectivity index (χ0v) is 9.39. The van der Waals surface area contributed by atoms with Crippen molar-refractivity contribution in [2.24, 2.45) is 0 Å². The molecule has 0 radical (unpaired) electrons. The SMILES string of the molecule is C/C(=C(/Br)C=O)c1ccc(Cl)cc1. The van der Waals surface area contributed by atoms with E-state index >= 15 is 0 Å². The second-order valence-electron chi connectivity index (χ2n) is 2.60. The average Bonchev–Trinajstić information content (AvgIpc) is 2.17. The van der Waals surface area contributed by atoms with Gasteiger partial charge in [0.25, 0.3) is 0 Å². The van der Waals surface area contributed by atoms with Gasteiger partial charge < -0.3 is 0 Å². The van der Waals surface area contributed by atoms with Crippen LogP contribution >= 0.6 is 27.5 Å². The third kappa shape index (κ3) is 2.68. The van der Waals surface area contributed by atoms with E-state index in [-0.39, 0.29) is 0 Å². The molecule has 0 unspecified atom stereocenters. The molecule has 0 saturated heterocycles. The number of halogens is 2. The molecule has 0 aliphatic heterocycles. The quantitative estimate of drug-likeness (QED) is 0.585. The van der Waals surface area contributed by atoms with Crippen LogP contribution in [0, 0.1) is 0 Å². The Labute approximate surface area is 90.5 Å². The molecule has 3 heteroatoms. The van der Waals surface area contributed by atoms with Crippen LogP contribution < -0.4 is 0 Å². The molecule has 1 aromatic carbocycles. The molecule has 0 aliphatic rings. The second kappa shape index (κ2) is 4.58. The first kappa shape index (κ1) is 10.5. The van der Waals surface area contributed by atoms with E-state index in [1.807, 2.05) is 19.1 Å². The predicted molar refractivity (Wildman–Crippen MR) is 59.0 cm³/mol. The van der Waals surface area contributed by atoms with E-state index in [1.54, 1.807) is 12.1 Å². The van der Waals surface area contributed by atoms with Gasteiger partial charge in [0, 0.05) is 5.02 Å². The second-order valence-corrected chi connectivity index (χ2v) is 3.89.